The van der Waals surface area contributed by atoms with Crippen LogP contribution in [0.5, 0.6) is 0 Å². The highest BCUT2D eigenvalue weighted by molar-refractivity contribution is 5.96. The van der Waals surface area contributed by atoms with Gasteiger partial charge >= 0.3 is 5.97 Å². The van der Waals surface area contributed by atoms with Crippen LogP contribution < -0.4 is 11.1 Å². The third kappa shape index (κ3) is 3.22. The van der Waals surface area contributed by atoms with Crippen LogP contribution in [0.2, 0.25) is 0 Å². The Bertz CT molecular complexity index is 831. The first kappa shape index (κ1) is 17.1. The number of carbonyl (C=O) groups excluding carboxylic acids is 2. The van der Waals surface area contributed by atoms with Gasteiger partial charge in [0.05, 0.1) is 18.4 Å². The molecule has 0 aliphatic heterocycles. The van der Waals surface area contributed by atoms with Crippen LogP contribution >= 0.6 is 0 Å². The van der Waals surface area contributed by atoms with E-state index in [1.54, 1.807) is 38.1 Å². The summed E-state index contributed by atoms with van der Waals surface area (Å²) in [5.41, 5.74) is 7.32. The van der Waals surface area contributed by atoms with E-state index in [0.29, 0.717) is 11.4 Å². The Balaban J connectivity index is 2.51. The minimum atomic E-state index is -0.648. The normalized spacial score (nSPS) is 10.3. The Morgan fingerprint density at radius 1 is 1.38 bits per heavy atom. The summed E-state index contributed by atoms with van der Waals surface area (Å²) in [6.07, 6.45) is 1.46. The van der Waals surface area contributed by atoms with E-state index >= 15 is 0 Å². The van der Waals surface area contributed by atoms with Crippen LogP contribution in [-0.2, 0) is 9.53 Å². The summed E-state index contributed by atoms with van der Waals surface area (Å²) >= 11 is 0. The molecule has 0 fully saturated rings. The zero-order valence-electron chi connectivity index (χ0n) is 13.7. The third-order valence-electron chi connectivity index (χ3n) is 3.46. The SMILES string of the molecule is COC(=O)c1c(N)c(C#N)cn1-c1cccc(NC(=O)C(C)C)c1. The lowest BCUT2D eigenvalue weighted by atomic mass is 10.2. The molecule has 0 bridgehead atoms. The third-order valence-corrected chi connectivity index (χ3v) is 3.46. The molecule has 0 spiro atoms. The number of benzene rings is 1. The van der Waals surface area contributed by atoms with E-state index in [-0.39, 0.29) is 28.8 Å². The van der Waals surface area contributed by atoms with Gasteiger partial charge in [0.2, 0.25) is 5.91 Å². The first-order valence-corrected chi connectivity index (χ1v) is 7.29. The van der Waals surface area contributed by atoms with E-state index in [0.717, 1.165) is 0 Å². The average Bonchev–Trinajstić information content (AvgIpc) is 2.91. The number of carbonyl (C=O) groups is 2. The van der Waals surface area contributed by atoms with Gasteiger partial charge in [-0.2, -0.15) is 5.26 Å². The highest BCUT2D eigenvalue weighted by atomic mass is 16.5. The molecule has 0 atom stereocenters. The number of nitrogens with two attached hydrogens (primary N) is 1. The molecule has 124 valence electrons. The molecule has 0 aliphatic rings. The number of rotatable bonds is 4. The van der Waals surface area contributed by atoms with Gasteiger partial charge in [-0.05, 0) is 18.2 Å². The van der Waals surface area contributed by atoms with Gasteiger partial charge in [-0.1, -0.05) is 19.9 Å². The van der Waals surface area contributed by atoms with Crippen molar-refractivity contribution in [2.75, 3.05) is 18.2 Å². The van der Waals surface area contributed by atoms with Gasteiger partial charge in [0.15, 0.2) is 5.69 Å². The van der Waals surface area contributed by atoms with Crippen LogP contribution in [0.25, 0.3) is 5.69 Å². The van der Waals surface area contributed by atoms with Gasteiger partial charge in [0.25, 0.3) is 0 Å². The fraction of sp³-hybridized carbons (Fsp3) is 0.235. The Kier molecular flexibility index (Phi) is 4.90. The first-order chi connectivity index (χ1) is 11.4. The Hall–Kier alpha value is -3.27. The van der Waals surface area contributed by atoms with Crippen molar-refractivity contribution in [2.24, 2.45) is 5.92 Å². The number of aromatic nitrogens is 1. The van der Waals surface area contributed by atoms with Crippen LogP contribution in [0.4, 0.5) is 11.4 Å². The average molecular weight is 326 g/mol. The largest absolute Gasteiger partial charge is 0.464 e. The standard InChI is InChI=1S/C17H18N4O3/c1-10(2)16(22)20-12-5-4-6-13(7-12)21-9-11(8-18)14(19)15(21)17(23)24-3/h4-7,9-10H,19H2,1-3H3,(H,20,22). The molecule has 7 heteroatoms. The molecule has 3 N–H and O–H groups in total. The molecular weight excluding hydrogens is 308 g/mol. The molecule has 1 heterocycles. The molecule has 0 radical (unpaired) electrons. The fourth-order valence-corrected chi connectivity index (χ4v) is 2.14. The van der Waals surface area contributed by atoms with Crippen molar-refractivity contribution in [3.8, 4) is 11.8 Å². The number of anilines is 2. The highest BCUT2D eigenvalue weighted by Gasteiger charge is 2.21. The summed E-state index contributed by atoms with van der Waals surface area (Å²) in [5.74, 6) is -0.928. The molecule has 24 heavy (non-hydrogen) atoms. The number of nitrogen functional groups attached to an aromatic ring is 1. The first-order valence-electron chi connectivity index (χ1n) is 7.29. The zero-order valence-corrected chi connectivity index (χ0v) is 13.7. The highest BCUT2D eigenvalue weighted by Crippen LogP contribution is 2.26. The summed E-state index contributed by atoms with van der Waals surface area (Å²) in [5, 5.41) is 11.9. The number of hydrogen-bond donors (Lipinski definition) is 2. The topological polar surface area (TPSA) is 110 Å². The number of nitrogens with zero attached hydrogens (tertiary/aromatic N) is 2. The van der Waals surface area contributed by atoms with Gasteiger partial charge in [-0.15, -0.1) is 0 Å². The quantitative estimate of drug-likeness (QED) is 0.838. The van der Waals surface area contributed by atoms with Gasteiger partial charge in [0.1, 0.15) is 6.07 Å². The summed E-state index contributed by atoms with van der Waals surface area (Å²) in [6.45, 7) is 3.58. The second-order valence-corrected chi connectivity index (χ2v) is 5.47. The van der Waals surface area contributed by atoms with Crippen molar-refractivity contribution < 1.29 is 14.3 Å². The number of methoxy groups -OCH3 is 1. The van der Waals surface area contributed by atoms with Crippen molar-refractivity contribution in [3.05, 3.63) is 41.7 Å². The molecule has 0 aliphatic carbocycles. The zero-order chi connectivity index (χ0) is 17.9. The van der Waals surface area contributed by atoms with E-state index < -0.39 is 5.97 Å². The molecule has 1 amide bonds. The second-order valence-electron chi connectivity index (χ2n) is 5.47. The number of hydrogen-bond acceptors (Lipinski definition) is 5. The van der Waals surface area contributed by atoms with Gasteiger partial charge < -0.3 is 20.4 Å². The molecule has 1 aromatic carbocycles. The lowest BCUT2D eigenvalue weighted by Crippen LogP contribution is -2.18. The molecule has 1 aromatic heterocycles. The summed E-state index contributed by atoms with van der Waals surface area (Å²) < 4.78 is 6.22. The predicted octanol–water partition coefficient (Wildman–Crippen LogP) is 2.31. The monoisotopic (exact) mass is 326 g/mol. The van der Waals surface area contributed by atoms with Crippen LogP contribution in [0, 0.1) is 17.2 Å². The number of nitrogens with one attached hydrogen (secondary N) is 1. The summed E-state index contributed by atoms with van der Waals surface area (Å²) in [6, 6.07) is 8.83. The number of esters is 1. The maximum absolute atomic E-state index is 12.0. The lowest BCUT2D eigenvalue weighted by molar-refractivity contribution is -0.118. The van der Waals surface area contributed by atoms with Crippen molar-refractivity contribution in [2.45, 2.75) is 13.8 Å². The Morgan fingerprint density at radius 3 is 2.67 bits per heavy atom. The van der Waals surface area contributed by atoms with E-state index in [9.17, 15) is 9.59 Å². The minimum Gasteiger partial charge on any atom is -0.464 e. The minimum absolute atomic E-state index is 0.0565. The molecule has 0 saturated carbocycles. The van der Waals surface area contributed by atoms with E-state index in [4.69, 9.17) is 15.7 Å². The molecular formula is C17H18N4O3. The summed E-state index contributed by atoms with van der Waals surface area (Å²) in [4.78, 5) is 23.8. The summed E-state index contributed by atoms with van der Waals surface area (Å²) in [7, 11) is 1.24. The van der Waals surface area contributed by atoms with Crippen molar-refractivity contribution >= 4 is 23.3 Å². The number of nitriles is 1. The molecule has 2 rings (SSSR count). The Morgan fingerprint density at radius 2 is 2.08 bits per heavy atom. The van der Waals surface area contributed by atoms with E-state index in [1.807, 2.05) is 6.07 Å². The van der Waals surface area contributed by atoms with Gasteiger partial charge in [-0.25, -0.2) is 4.79 Å². The molecule has 0 saturated heterocycles. The van der Waals surface area contributed by atoms with Crippen molar-refractivity contribution in [3.63, 3.8) is 0 Å². The lowest BCUT2D eigenvalue weighted by Gasteiger charge is -2.12. The number of amides is 1. The van der Waals surface area contributed by atoms with E-state index in [2.05, 4.69) is 5.32 Å². The Labute approximate surface area is 139 Å². The van der Waals surface area contributed by atoms with Crippen molar-refractivity contribution in [1.29, 1.82) is 5.26 Å². The van der Waals surface area contributed by atoms with Gasteiger partial charge in [0, 0.05) is 23.5 Å². The van der Waals surface area contributed by atoms with Gasteiger partial charge in [-0.3, -0.25) is 4.79 Å². The second kappa shape index (κ2) is 6.87. The number of ether oxygens (including phenoxy) is 1. The van der Waals surface area contributed by atoms with Crippen LogP contribution in [-0.4, -0.2) is 23.6 Å². The molecule has 0 unspecified atom stereocenters. The maximum atomic E-state index is 12.0. The smallest absolute Gasteiger partial charge is 0.357 e. The molecule has 2 aromatic rings. The van der Waals surface area contributed by atoms with Crippen LogP contribution in [0.3, 0.4) is 0 Å². The van der Waals surface area contributed by atoms with Crippen molar-refractivity contribution in [1.82, 2.24) is 4.57 Å². The van der Waals surface area contributed by atoms with Crippen LogP contribution in [0.1, 0.15) is 29.9 Å². The fourth-order valence-electron chi connectivity index (χ4n) is 2.14. The molecule has 7 nitrogen and oxygen atoms in total. The van der Waals surface area contributed by atoms with E-state index in [1.165, 1.54) is 17.9 Å². The van der Waals surface area contributed by atoms with Crippen LogP contribution in [0.15, 0.2) is 30.5 Å². The maximum Gasteiger partial charge on any atom is 0.357 e. The predicted molar refractivity (Wildman–Crippen MR) is 89.7 cm³/mol.